The Balaban J connectivity index is 1.79. The summed E-state index contributed by atoms with van der Waals surface area (Å²) in [5.41, 5.74) is 10.7. The average Bonchev–Trinajstić information content (AvgIpc) is 2.88. The van der Waals surface area contributed by atoms with Crippen LogP contribution in [-0.2, 0) is 42.4 Å². The van der Waals surface area contributed by atoms with Crippen molar-refractivity contribution in [2.75, 3.05) is 12.8 Å². The fraction of sp³-hybridized carbons (Fsp3) is 0.469. The molecule has 0 saturated carbocycles. The standard InChI is InChI=1S/C32H43N3O2S/c1-7-24-13-11-14-25(8-2)32(24)30-19-27(20-33-38(6,36)37)29(23(5)34-30)21-35-17-16-26-12-9-10-15-28(26)31(35)18-22(3)4/h9-15,19,22,31,33H,7-8,16-18,20-21H2,1-6H3. The summed E-state index contributed by atoms with van der Waals surface area (Å²) >= 11 is 0. The molecule has 38 heavy (non-hydrogen) atoms. The van der Waals surface area contributed by atoms with Crippen molar-refractivity contribution in [2.24, 2.45) is 5.92 Å². The van der Waals surface area contributed by atoms with Crippen molar-refractivity contribution in [3.8, 4) is 11.3 Å². The molecule has 6 heteroatoms. The van der Waals surface area contributed by atoms with Crippen molar-refractivity contribution < 1.29 is 8.42 Å². The van der Waals surface area contributed by atoms with E-state index < -0.39 is 10.0 Å². The molecule has 3 aromatic rings. The lowest BCUT2D eigenvalue weighted by Gasteiger charge is -2.39. The minimum absolute atomic E-state index is 0.263. The van der Waals surface area contributed by atoms with Gasteiger partial charge < -0.3 is 0 Å². The summed E-state index contributed by atoms with van der Waals surface area (Å²) in [6.45, 7) is 13.0. The fourth-order valence-corrected chi connectivity index (χ4v) is 6.28. The Morgan fingerprint density at radius 2 is 1.71 bits per heavy atom. The van der Waals surface area contributed by atoms with Gasteiger partial charge in [0.15, 0.2) is 0 Å². The highest BCUT2D eigenvalue weighted by Crippen LogP contribution is 2.37. The molecule has 1 unspecified atom stereocenters. The molecule has 0 fully saturated rings. The van der Waals surface area contributed by atoms with Crippen LogP contribution >= 0.6 is 0 Å². The molecule has 0 spiro atoms. The van der Waals surface area contributed by atoms with Crippen molar-refractivity contribution >= 4 is 10.0 Å². The largest absolute Gasteiger partial charge is 0.292 e. The predicted octanol–water partition coefficient (Wildman–Crippen LogP) is 6.38. The number of benzene rings is 2. The summed E-state index contributed by atoms with van der Waals surface area (Å²) in [5.74, 6) is 0.569. The van der Waals surface area contributed by atoms with Gasteiger partial charge in [0.25, 0.3) is 0 Å². The molecule has 4 rings (SSSR count). The summed E-state index contributed by atoms with van der Waals surface area (Å²) in [6, 6.07) is 17.8. The van der Waals surface area contributed by atoms with Crippen LogP contribution in [0.5, 0.6) is 0 Å². The molecule has 204 valence electrons. The number of rotatable bonds is 10. The monoisotopic (exact) mass is 533 g/mol. The predicted molar refractivity (Wildman–Crippen MR) is 158 cm³/mol. The van der Waals surface area contributed by atoms with Gasteiger partial charge in [0, 0.05) is 36.9 Å². The van der Waals surface area contributed by atoms with Crippen molar-refractivity contribution in [1.82, 2.24) is 14.6 Å². The van der Waals surface area contributed by atoms with E-state index in [0.29, 0.717) is 12.0 Å². The Labute approximate surface area is 229 Å². The molecule has 0 aliphatic carbocycles. The van der Waals surface area contributed by atoms with E-state index in [4.69, 9.17) is 4.98 Å². The number of hydrogen-bond donors (Lipinski definition) is 1. The van der Waals surface area contributed by atoms with Crippen LogP contribution in [0.1, 0.15) is 79.2 Å². The minimum atomic E-state index is -3.34. The first-order valence-electron chi connectivity index (χ1n) is 14.0. The van der Waals surface area contributed by atoms with Crippen LogP contribution in [0.4, 0.5) is 0 Å². The molecule has 2 aromatic carbocycles. The zero-order valence-corrected chi connectivity index (χ0v) is 24.7. The SMILES string of the molecule is CCc1cccc(CC)c1-c1cc(CNS(C)(=O)=O)c(CN2CCc3ccccc3C2CC(C)C)c(C)n1. The molecule has 1 aliphatic heterocycles. The lowest BCUT2D eigenvalue weighted by Crippen LogP contribution is -2.36. The second-order valence-electron chi connectivity index (χ2n) is 11.0. The molecule has 1 N–H and O–H groups in total. The summed E-state index contributed by atoms with van der Waals surface area (Å²) in [6.07, 6.45) is 5.18. The third-order valence-electron chi connectivity index (χ3n) is 7.78. The molecule has 1 aromatic heterocycles. The summed E-state index contributed by atoms with van der Waals surface area (Å²) in [7, 11) is -3.34. The third kappa shape index (κ3) is 6.53. The molecular formula is C32H43N3O2S. The summed E-state index contributed by atoms with van der Waals surface area (Å²) in [4.78, 5) is 7.73. The number of fused-ring (bicyclic) bond motifs is 1. The Kier molecular flexibility index (Phi) is 9.07. The third-order valence-corrected chi connectivity index (χ3v) is 8.45. The number of nitrogens with zero attached hydrogens (tertiary/aromatic N) is 2. The normalized spacial score (nSPS) is 16.1. The zero-order valence-electron chi connectivity index (χ0n) is 23.8. The second-order valence-corrected chi connectivity index (χ2v) is 12.9. The number of hydrogen-bond acceptors (Lipinski definition) is 4. The number of aromatic nitrogens is 1. The molecule has 0 amide bonds. The van der Waals surface area contributed by atoms with Gasteiger partial charge in [0.2, 0.25) is 10.0 Å². The summed E-state index contributed by atoms with van der Waals surface area (Å²) < 4.78 is 27.0. The molecule has 0 bridgehead atoms. The number of nitrogens with one attached hydrogen (secondary N) is 1. The van der Waals surface area contributed by atoms with Crippen LogP contribution in [0.3, 0.4) is 0 Å². The smallest absolute Gasteiger partial charge is 0.209 e. The maximum Gasteiger partial charge on any atom is 0.209 e. The number of pyridine rings is 1. The van der Waals surface area contributed by atoms with Gasteiger partial charge in [-0.05, 0) is 78.0 Å². The highest BCUT2D eigenvalue weighted by atomic mass is 32.2. The van der Waals surface area contributed by atoms with E-state index in [1.54, 1.807) is 0 Å². The Hall–Kier alpha value is -2.54. The topological polar surface area (TPSA) is 62.3 Å². The van der Waals surface area contributed by atoms with Gasteiger partial charge in [-0.15, -0.1) is 0 Å². The van der Waals surface area contributed by atoms with E-state index in [2.05, 4.69) is 92.8 Å². The van der Waals surface area contributed by atoms with E-state index in [1.165, 1.54) is 34.1 Å². The first-order chi connectivity index (χ1) is 18.1. The molecule has 5 nitrogen and oxygen atoms in total. The van der Waals surface area contributed by atoms with Crippen molar-refractivity contribution in [2.45, 2.75) is 79.4 Å². The lowest BCUT2D eigenvalue weighted by molar-refractivity contribution is 0.153. The first-order valence-corrected chi connectivity index (χ1v) is 15.9. The zero-order chi connectivity index (χ0) is 27.4. The first kappa shape index (κ1) is 28.5. The average molecular weight is 534 g/mol. The van der Waals surface area contributed by atoms with Crippen LogP contribution < -0.4 is 4.72 Å². The van der Waals surface area contributed by atoms with E-state index in [1.807, 2.05) is 0 Å². The van der Waals surface area contributed by atoms with Gasteiger partial charge in [-0.2, -0.15) is 0 Å². The minimum Gasteiger partial charge on any atom is -0.292 e. The lowest BCUT2D eigenvalue weighted by atomic mass is 9.87. The van der Waals surface area contributed by atoms with Crippen molar-refractivity contribution in [1.29, 1.82) is 0 Å². The van der Waals surface area contributed by atoms with Gasteiger partial charge in [-0.1, -0.05) is 70.2 Å². The molecular weight excluding hydrogens is 490 g/mol. The van der Waals surface area contributed by atoms with Crippen LogP contribution in [-0.4, -0.2) is 31.1 Å². The highest BCUT2D eigenvalue weighted by molar-refractivity contribution is 7.88. The van der Waals surface area contributed by atoms with Gasteiger partial charge in [0.1, 0.15) is 0 Å². The fourth-order valence-electron chi connectivity index (χ4n) is 5.87. The van der Waals surface area contributed by atoms with Gasteiger partial charge in [-0.25, -0.2) is 13.1 Å². The molecule has 1 aliphatic rings. The summed E-state index contributed by atoms with van der Waals surface area (Å²) in [5, 5.41) is 0. The van der Waals surface area contributed by atoms with Crippen LogP contribution in [0.25, 0.3) is 11.3 Å². The van der Waals surface area contributed by atoms with Crippen LogP contribution in [0.15, 0.2) is 48.5 Å². The Bertz CT molecular complexity index is 1360. The quantitative estimate of drug-likeness (QED) is 0.329. The Morgan fingerprint density at radius 3 is 2.34 bits per heavy atom. The van der Waals surface area contributed by atoms with Crippen molar-refractivity contribution in [3.05, 3.63) is 87.6 Å². The van der Waals surface area contributed by atoms with Crippen molar-refractivity contribution in [3.63, 3.8) is 0 Å². The molecule has 0 saturated heterocycles. The Morgan fingerprint density at radius 1 is 1.03 bits per heavy atom. The van der Waals surface area contributed by atoms with Gasteiger partial charge in [0.05, 0.1) is 11.9 Å². The highest BCUT2D eigenvalue weighted by Gasteiger charge is 2.29. The van der Waals surface area contributed by atoms with Gasteiger partial charge >= 0.3 is 0 Å². The molecule has 1 atom stereocenters. The van der Waals surface area contributed by atoms with E-state index >= 15 is 0 Å². The molecule has 2 heterocycles. The van der Waals surface area contributed by atoms with E-state index in [9.17, 15) is 8.42 Å². The number of aryl methyl sites for hydroxylation is 3. The maximum absolute atomic E-state index is 12.1. The maximum atomic E-state index is 12.1. The number of sulfonamides is 1. The van der Waals surface area contributed by atoms with Crippen LogP contribution in [0.2, 0.25) is 0 Å². The van der Waals surface area contributed by atoms with Gasteiger partial charge in [-0.3, -0.25) is 9.88 Å². The second kappa shape index (κ2) is 12.1. The van der Waals surface area contributed by atoms with E-state index in [0.717, 1.165) is 61.3 Å². The van der Waals surface area contributed by atoms with Crippen LogP contribution in [0, 0.1) is 12.8 Å². The molecule has 0 radical (unpaired) electrons. The van der Waals surface area contributed by atoms with E-state index in [-0.39, 0.29) is 6.54 Å².